The molecule has 1 aliphatic rings. The van der Waals surface area contributed by atoms with Gasteiger partial charge in [-0.2, -0.15) is 0 Å². The number of fused-ring (bicyclic) bond motifs is 1. The molecule has 0 saturated carbocycles. The van der Waals surface area contributed by atoms with Crippen LogP contribution in [0.2, 0.25) is 0 Å². The van der Waals surface area contributed by atoms with Gasteiger partial charge in [0.25, 0.3) is 0 Å². The Kier molecular flexibility index (Phi) is 2.99. The summed E-state index contributed by atoms with van der Waals surface area (Å²) < 4.78 is 5.61. The molecule has 3 rings (SSSR count). The first-order valence-corrected chi connectivity index (χ1v) is 6.26. The monoisotopic (exact) mass is 240 g/mol. The van der Waals surface area contributed by atoms with Gasteiger partial charge >= 0.3 is 0 Å². The van der Waals surface area contributed by atoms with Crippen molar-refractivity contribution in [3.05, 3.63) is 59.4 Å². The molecule has 1 atom stereocenters. The molecular formula is C15H16N2O. The summed E-state index contributed by atoms with van der Waals surface area (Å²) in [4.78, 5) is 4.11. The number of nitrogens with zero attached hydrogens (tertiary/aromatic N) is 1. The number of pyridine rings is 1. The number of aromatic nitrogens is 1. The molecule has 92 valence electrons. The molecule has 0 amide bonds. The molecule has 18 heavy (non-hydrogen) atoms. The molecule has 2 N–H and O–H groups in total. The highest BCUT2D eigenvalue weighted by molar-refractivity contribution is 5.41. The third kappa shape index (κ3) is 2.09. The van der Waals surface area contributed by atoms with Crippen LogP contribution in [-0.4, -0.2) is 11.6 Å². The Bertz CT molecular complexity index is 539. The first-order valence-electron chi connectivity index (χ1n) is 6.26. The van der Waals surface area contributed by atoms with Crippen molar-refractivity contribution < 1.29 is 4.74 Å². The summed E-state index contributed by atoms with van der Waals surface area (Å²) >= 11 is 0. The summed E-state index contributed by atoms with van der Waals surface area (Å²) in [5, 5.41) is 0. The quantitative estimate of drug-likeness (QED) is 0.877. The van der Waals surface area contributed by atoms with Crippen LogP contribution < -0.4 is 10.5 Å². The lowest BCUT2D eigenvalue weighted by molar-refractivity contribution is 0.288. The maximum atomic E-state index is 6.27. The average Bonchev–Trinajstić information content (AvgIpc) is 2.47. The fourth-order valence-electron chi connectivity index (χ4n) is 2.33. The molecule has 1 aromatic heterocycles. The Morgan fingerprint density at radius 1 is 1.22 bits per heavy atom. The summed E-state index contributed by atoms with van der Waals surface area (Å²) in [6, 6.07) is 10.0. The number of aryl methyl sites for hydroxylation is 1. The van der Waals surface area contributed by atoms with Crippen molar-refractivity contribution in [3.8, 4) is 5.75 Å². The third-order valence-electron chi connectivity index (χ3n) is 3.34. The minimum Gasteiger partial charge on any atom is -0.493 e. The Morgan fingerprint density at radius 2 is 2.17 bits per heavy atom. The predicted octanol–water partition coefficient (Wildman–Crippen LogP) is 2.45. The van der Waals surface area contributed by atoms with Crippen LogP contribution in [0, 0.1) is 0 Å². The van der Waals surface area contributed by atoms with Crippen LogP contribution in [0.1, 0.15) is 29.2 Å². The first kappa shape index (κ1) is 11.2. The molecule has 3 nitrogen and oxygen atoms in total. The average molecular weight is 240 g/mol. The molecule has 1 aromatic carbocycles. The van der Waals surface area contributed by atoms with Gasteiger partial charge in [-0.05, 0) is 41.7 Å². The standard InChI is InChI=1S/C15H16N2O/c16-15(13-3-1-7-17-10-13)12-5-6-14-11(9-12)4-2-8-18-14/h1,3,5-7,9-10,15H,2,4,8,16H2. The van der Waals surface area contributed by atoms with E-state index in [4.69, 9.17) is 10.5 Å². The van der Waals surface area contributed by atoms with Crippen LogP contribution in [0.15, 0.2) is 42.7 Å². The summed E-state index contributed by atoms with van der Waals surface area (Å²) in [7, 11) is 0. The number of ether oxygens (including phenoxy) is 1. The van der Waals surface area contributed by atoms with Gasteiger partial charge in [0.1, 0.15) is 5.75 Å². The van der Waals surface area contributed by atoms with Crippen molar-refractivity contribution in [3.63, 3.8) is 0 Å². The van der Waals surface area contributed by atoms with E-state index < -0.39 is 0 Å². The van der Waals surface area contributed by atoms with E-state index in [9.17, 15) is 0 Å². The number of benzene rings is 1. The molecule has 0 saturated heterocycles. The van der Waals surface area contributed by atoms with E-state index in [1.807, 2.05) is 30.5 Å². The highest BCUT2D eigenvalue weighted by atomic mass is 16.5. The Labute approximate surface area is 107 Å². The van der Waals surface area contributed by atoms with Gasteiger partial charge in [0.2, 0.25) is 0 Å². The molecule has 2 aromatic rings. The van der Waals surface area contributed by atoms with E-state index in [-0.39, 0.29) is 6.04 Å². The Hall–Kier alpha value is -1.87. The summed E-state index contributed by atoms with van der Waals surface area (Å²) in [6.07, 6.45) is 5.74. The van der Waals surface area contributed by atoms with E-state index in [2.05, 4.69) is 11.1 Å². The normalized spacial score (nSPS) is 15.6. The van der Waals surface area contributed by atoms with Crippen LogP contribution in [0.4, 0.5) is 0 Å². The lowest BCUT2D eigenvalue weighted by Crippen LogP contribution is -2.14. The minimum atomic E-state index is -0.120. The van der Waals surface area contributed by atoms with Crippen LogP contribution >= 0.6 is 0 Å². The molecule has 0 bridgehead atoms. The van der Waals surface area contributed by atoms with E-state index in [1.165, 1.54) is 5.56 Å². The van der Waals surface area contributed by atoms with Crippen LogP contribution in [0.25, 0.3) is 0 Å². The van der Waals surface area contributed by atoms with Gasteiger partial charge < -0.3 is 10.5 Å². The summed E-state index contributed by atoms with van der Waals surface area (Å²) in [5.74, 6) is 1.00. The second kappa shape index (κ2) is 4.78. The molecule has 3 heteroatoms. The predicted molar refractivity (Wildman–Crippen MR) is 70.5 cm³/mol. The van der Waals surface area contributed by atoms with Crippen molar-refractivity contribution in [1.29, 1.82) is 0 Å². The SMILES string of the molecule is NC(c1cccnc1)c1ccc2c(c1)CCCO2. The van der Waals surface area contributed by atoms with Crippen LogP contribution in [0.5, 0.6) is 5.75 Å². The second-order valence-corrected chi connectivity index (χ2v) is 4.58. The zero-order chi connectivity index (χ0) is 12.4. The zero-order valence-corrected chi connectivity index (χ0v) is 10.2. The molecule has 0 radical (unpaired) electrons. The topological polar surface area (TPSA) is 48.1 Å². The smallest absolute Gasteiger partial charge is 0.122 e. The van der Waals surface area contributed by atoms with Gasteiger partial charge in [0, 0.05) is 12.4 Å². The Morgan fingerprint density at radius 3 is 3.00 bits per heavy atom. The molecule has 2 heterocycles. The summed E-state index contributed by atoms with van der Waals surface area (Å²) in [6.45, 7) is 0.820. The van der Waals surface area contributed by atoms with E-state index >= 15 is 0 Å². The van der Waals surface area contributed by atoms with Crippen molar-refractivity contribution in [2.75, 3.05) is 6.61 Å². The molecule has 1 unspecified atom stereocenters. The number of nitrogens with two attached hydrogens (primary N) is 1. The second-order valence-electron chi connectivity index (χ2n) is 4.58. The Balaban J connectivity index is 1.93. The molecule has 0 fully saturated rings. The van der Waals surface area contributed by atoms with Crippen LogP contribution in [0.3, 0.4) is 0 Å². The largest absolute Gasteiger partial charge is 0.493 e. The molecule has 0 aliphatic carbocycles. The lowest BCUT2D eigenvalue weighted by atomic mass is 9.96. The van der Waals surface area contributed by atoms with E-state index in [0.717, 1.165) is 36.3 Å². The number of hydrogen-bond donors (Lipinski definition) is 1. The third-order valence-corrected chi connectivity index (χ3v) is 3.34. The highest BCUT2D eigenvalue weighted by Gasteiger charge is 2.14. The first-order chi connectivity index (χ1) is 8.84. The number of hydrogen-bond acceptors (Lipinski definition) is 3. The van der Waals surface area contributed by atoms with Gasteiger partial charge in [0.05, 0.1) is 12.6 Å². The van der Waals surface area contributed by atoms with Crippen molar-refractivity contribution in [2.45, 2.75) is 18.9 Å². The molecular weight excluding hydrogens is 224 g/mol. The van der Waals surface area contributed by atoms with E-state index in [1.54, 1.807) is 6.20 Å². The maximum absolute atomic E-state index is 6.27. The maximum Gasteiger partial charge on any atom is 0.122 e. The molecule has 1 aliphatic heterocycles. The fourth-order valence-corrected chi connectivity index (χ4v) is 2.33. The van der Waals surface area contributed by atoms with E-state index in [0.29, 0.717) is 0 Å². The number of rotatable bonds is 2. The van der Waals surface area contributed by atoms with Gasteiger partial charge in [-0.15, -0.1) is 0 Å². The van der Waals surface area contributed by atoms with Crippen molar-refractivity contribution in [2.24, 2.45) is 5.73 Å². The minimum absolute atomic E-state index is 0.120. The lowest BCUT2D eigenvalue weighted by Gasteiger charge is -2.20. The summed E-state index contributed by atoms with van der Waals surface area (Å²) in [5.41, 5.74) is 9.68. The zero-order valence-electron chi connectivity index (χ0n) is 10.2. The van der Waals surface area contributed by atoms with Gasteiger partial charge in [0.15, 0.2) is 0 Å². The molecule has 0 spiro atoms. The highest BCUT2D eigenvalue weighted by Crippen LogP contribution is 2.29. The van der Waals surface area contributed by atoms with Gasteiger partial charge in [-0.3, -0.25) is 4.98 Å². The van der Waals surface area contributed by atoms with Crippen molar-refractivity contribution >= 4 is 0 Å². The van der Waals surface area contributed by atoms with Crippen LogP contribution in [-0.2, 0) is 6.42 Å². The van der Waals surface area contributed by atoms with Gasteiger partial charge in [-0.1, -0.05) is 18.2 Å². The van der Waals surface area contributed by atoms with Gasteiger partial charge in [-0.25, -0.2) is 0 Å². The van der Waals surface area contributed by atoms with Crippen molar-refractivity contribution in [1.82, 2.24) is 4.98 Å². The fraction of sp³-hybridized carbons (Fsp3) is 0.267.